The Labute approximate surface area is 71.4 Å². The van der Waals surface area contributed by atoms with Crippen LogP contribution in [0.4, 0.5) is 0 Å². The lowest BCUT2D eigenvalue weighted by Gasteiger charge is -2.02. The molecule has 0 aromatic carbocycles. The molecular weight excluding hydrogens is 152 g/mol. The Balaban J connectivity index is 2.49. The second kappa shape index (κ2) is 2.66. The Bertz CT molecular complexity index is 314. The molecule has 0 saturated heterocycles. The molecule has 0 unspecified atom stereocenters. The van der Waals surface area contributed by atoms with Crippen molar-refractivity contribution in [1.82, 2.24) is 9.88 Å². The molecule has 1 aromatic heterocycles. The molecule has 0 fully saturated rings. The van der Waals surface area contributed by atoms with E-state index in [1.807, 2.05) is 23.9 Å². The third-order valence-electron chi connectivity index (χ3n) is 2.28. The fraction of sp³-hybridized carbons (Fsp3) is 0.444. The molecule has 2 heterocycles. The summed E-state index contributed by atoms with van der Waals surface area (Å²) in [6.45, 7) is 0.799. The summed E-state index contributed by atoms with van der Waals surface area (Å²) in [6, 6.07) is 2.03. The molecule has 1 N–H and O–H groups in total. The van der Waals surface area contributed by atoms with Gasteiger partial charge in [0.2, 0.25) is 0 Å². The lowest BCUT2D eigenvalue weighted by Crippen LogP contribution is -2.24. The average molecular weight is 164 g/mol. The van der Waals surface area contributed by atoms with Gasteiger partial charge in [0.25, 0.3) is 5.91 Å². The summed E-state index contributed by atoms with van der Waals surface area (Å²) in [6.07, 6.45) is 3.99. The summed E-state index contributed by atoms with van der Waals surface area (Å²) in [7, 11) is 1.91. The van der Waals surface area contributed by atoms with E-state index in [-0.39, 0.29) is 5.91 Å². The Morgan fingerprint density at radius 1 is 1.58 bits per heavy atom. The molecule has 1 aliphatic heterocycles. The monoisotopic (exact) mass is 164 g/mol. The van der Waals surface area contributed by atoms with Crippen LogP contribution in [0, 0.1) is 0 Å². The summed E-state index contributed by atoms with van der Waals surface area (Å²) in [5, 5.41) is 2.87. The number of aromatic nitrogens is 1. The first-order valence-electron chi connectivity index (χ1n) is 4.21. The zero-order valence-corrected chi connectivity index (χ0v) is 7.13. The quantitative estimate of drug-likeness (QED) is 0.601. The summed E-state index contributed by atoms with van der Waals surface area (Å²) >= 11 is 0. The predicted octanol–water partition coefficient (Wildman–Crippen LogP) is 0.701. The maximum absolute atomic E-state index is 11.5. The molecule has 64 valence electrons. The van der Waals surface area contributed by atoms with Gasteiger partial charge in [-0.3, -0.25) is 4.79 Å². The molecule has 12 heavy (non-hydrogen) atoms. The van der Waals surface area contributed by atoms with Crippen molar-refractivity contribution < 1.29 is 4.79 Å². The van der Waals surface area contributed by atoms with Crippen molar-refractivity contribution in [3.63, 3.8) is 0 Å². The van der Waals surface area contributed by atoms with Crippen LogP contribution < -0.4 is 5.32 Å². The van der Waals surface area contributed by atoms with E-state index in [0.717, 1.165) is 25.1 Å². The largest absolute Gasteiger partial charge is 0.351 e. The van der Waals surface area contributed by atoms with E-state index < -0.39 is 0 Å². The summed E-state index contributed by atoms with van der Waals surface area (Å²) < 4.78 is 1.88. The number of aryl methyl sites for hydroxylation is 2. The van der Waals surface area contributed by atoms with Crippen LogP contribution in [-0.4, -0.2) is 17.0 Å². The third-order valence-corrected chi connectivity index (χ3v) is 2.28. The molecule has 0 aliphatic carbocycles. The van der Waals surface area contributed by atoms with Crippen LogP contribution >= 0.6 is 0 Å². The molecule has 3 nitrogen and oxygen atoms in total. The highest BCUT2D eigenvalue weighted by Gasteiger charge is 2.17. The first kappa shape index (κ1) is 7.40. The van der Waals surface area contributed by atoms with Crippen molar-refractivity contribution in [3.8, 4) is 0 Å². The zero-order valence-electron chi connectivity index (χ0n) is 7.13. The number of hydrogen-bond acceptors (Lipinski definition) is 1. The van der Waals surface area contributed by atoms with Crippen molar-refractivity contribution in [2.24, 2.45) is 7.05 Å². The smallest absolute Gasteiger partial charge is 0.268 e. The van der Waals surface area contributed by atoms with Gasteiger partial charge in [-0.05, 0) is 24.5 Å². The maximum Gasteiger partial charge on any atom is 0.268 e. The van der Waals surface area contributed by atoms with E-state index in [1.54, 1.807) is 0 Å². The summed E-state index contributed by atoms with van der Waals surface area (Å²) in [5.74, 6) is 0.0648. The van der Waals surface area contributed by atoms with Crippen molar-refractivity contribution in [1.29, 1.82) is 0 Å². The fourth-order valence-corrected chi connectivity index (χ4v) is 1.65. The third kappa shape index (κ3) is 1.02. The van der Waals surface area contributed by atoms with Crippen LogP contribution in [0.5, 0.6) is 0 Å². The number of rotatable bonds is 0. The number of nitrogens with zero attached hydrogens (tertiary/aromatic N) is 1. The molecule has 1 amide bonds. The Morgan fingerprint density at radius 3 is 3.25 bits per heavy atom. The van der Waals surface area contributed by atoms with Gasteiger partial charge >= 0.3 is 0 Å². The molecule has 0 radical (unpaired) electrons. The molecule has 1 aromatic rings. The van der Waals surface area contributed by atoms with Gasteiger partial charge in [0.15, 0.2) is 0 Å². The SMILES string of the molecule is Cn1ccc2c1C(=O)NCCC2. The van der Waals surface area contributed by atoms with Crippen molar-refractivity contribution in [2.75, 3.05) is 6.54 Å². The molecule has 0 atom stereocenters. The van der Waals surface area contributed by atoms with Crippen LogP contribution in [0.2, 0.25) is 0 Å². The molecule has 0 spiro atoms. The number of amides is 1. The second-order valence-corrected chi connectivity index (χ2v) is 3.16. The van der Waals surface area contributed by atoms with Crippen LogP contribution in [0.25, 0.3) is 0 Å². The Morgan fingerprint density at radius 2 is 2.42 bits per heavy atom. The standard InChI is InChI=1S/C9H12N2O/c1-11-6-4-7-3-2-5-10-9(12)8(7)11/h4,6H,2-3,5H2,1H3,(H,10,12). The topological polar surface area (TPSA) is 34.0 Å². The van der Waals surface area contributed by atoms with Gasteiger partial charge in [-0.2, -0.15) is 0 Å². The van der Waals surface area contributed by atoms with E-state index in [0.29, 0.717) is 0 Å². The van der Waals surface area contributed by atoms with Gasteiger partial charge < -0.3 is 9.88 Å². The van der Waals surface area contributed by atoms with Crippen LogP contribution in [0.1, 0.15) is 22.5 Å². The van der Waals surface area contributed by atoms with Gasteiger partial charge in [-0.25, -0.2) is 0 Å². The van der Waals surface area contributed by atoms with Crippen LogP contribution in [0.15, 0.2) is 12.3 Å². The Hall–Kier alpha value is -1.25. The molecule has 3 heteroatoms. The number of carbonyl (C=O) groups excluding carboxylic acids is 1. The first-order valence-corrected chi connectivity index (χ1v) is 4.21. The van der Waals surface area contributed by atoms with E-state index in [9.17, 15) is 4.79 Å². The highest BCUT2D eigenvalue weighted by Crippen LogP contribution is 2.14. The number of hydrogen-bond donors (Lipinski definition) is 1. The van der Waals surface area contributed by atoms with E-state index in [2.05, 4.69) is 5.32 Å². The van der Waals surface area contributed by atoms with Gasteiger partial charge in [0, 0.05) is 19.8 Å². The van der Waals surface area contributed by atoms with Gasteiger partial charge in [0.1, 0.15) is 5.69 Å². The molecular formula is C9H12N2O. The lowest BCUT2D eigenvalue weighted by molar-refractivity contribution is 0.0948. The second-order valence-electron chi connectivity index (χ2n) is 3.16. The van der Waals surface area contributed by atoms with Gasteiger partial charge in [-0.1, -0.05) is 0 Å². The number of fused-ring (bicyclic) bond motifs is 1. The molecule has 2 rings (SSSR count). The van der Waals surface area contributed by atoms with Crippen LogP contribution in [-0.2, 0) is 13.5 Å². The lowest BCUT2D eigenvalue weighted by atomic mass is 10.1. The maximum atomic E-state index is 11.5. The normalized spacial score (nSPS) is 16.6. The van der Waals surface area contributed by atoms with Gasteiger partial charge in [-0.15, -0.1) is 0 Å². The zero-order chi connectivity index (χ0) is 8.55. The van der Waals surface area contributed by atoms with Gasteiger partial charge in [0.05, 0.1) is 0 Å². The minimum atomic E-state index is 0.0648. The minimum absolute atomic E-state index is 0.0648. The minimum Gasteiger partial charge on any atom is -0.351 e. The molecule has 0 saturated carbocycles. The Kier molecular flexibility index (Phi) is 1.64. The predicted molar refractivity (Wildman–Crippen MR) is 46.1 cm³/mol. The van der Waals surface area contributed by atoms with Crippen molar-refractivity contribution >= 4 is 5.91 Å². The van der Waals surface area contributed by atoms with Crippen molar-refractivity contribution in [2.45, 2.75) is 12.8 Å². The van der Waals surface area contributed by atoms with E-state index in [4.69, 9.17) is 0 Å². The molecule has 1 aliphatic rings. The number of nitrogens with one attached hydrogen (secondary N) is 1. The van der Waals surface area contributed by atoms with E-state index in [1.165, 1.54) is 5.56 Å². The summed E-state index contributed by atoms with van der Waals surface area (Å²) in [4.78, 5) is 11.5. The van der Waals surface area contributed by atoms with E-state index >= 15 is 0 Å². The number of carbonyl (C=O) groups is 1. The molecule has 0 bridgehead atoms. The van der Waals surface area contributed by atoms with Crippen LogP contribution in [0.3, 0.4) is 0 Å². The highest BCUT2D eigenvalue weighted by molar-refractivity contribution is 5.94. The average Bonchev–Trinajstić information content (AvgIpc) is 2.29. The first-order chi connectivity index (χ1) is 5.79. The van der Waals surface area contributed by atoms with Crippen molar-refractivity contribution in [3.05, 3.63) is 23.5 Å². The fourth-order valence-electron chi connectivity index (χ4n) is 1.65. The summed E-state index contributed by atoms with van der Waals surface area (Å²) in [5.41, 5.74) is 2.00. The highest BCUT2D eigenvalue weighted by atomic mass is 16.1.